The molecule has 0 amide bonds. The van der Waals surface area contributed by atoms with Crippen LogP contribution in [0.3, 0.4) is 0 Å². The van der Waals surface area contributed by atoms with Crippen LogP contribution in [0.1, 0.15) is 11.5 Å². The molecule has 1 aromatic rings. The Bertz CT molecular complexity index is 475. The van der Waals surface area contributed by atoms with Crippen LogP contribution in [0.15, 0.2) is 18.2 Å². The van der Waals surface area contributed by atoms with Gasteiger partial charge in [-0.1, -0.05) is 6.07 Å². The van der Waals surface area contributed by atoms with Crippen LogP contribution in [-0.4, -0.2) is 50.3 Å². The number of ether oxygens (including phenoxy) is 2. The standard InChI is InChI=1S/C14H19NO4/c1-15-7-11(12(8-15)14(16)17)10-5-4-9(18-2)6-13(10)19-3/h4-6,11-12H,7-8H2,1-3H3,(H,16,17)/t11-,12-/m1/s1. The fourth-order valence-electron chi connectivity index (χ4n) is 2.69. The van der Waals surface area contributed by atoms with Crippen molar-refractivity contribution in [2.24, 2.45) is 5.92 Å². The Morgan fingerprint density at radius 2 is 2.05 bits per heavy atom. The Morgan fingerprint density at radius 3 is 2.63 bits per heavy atom. The predicted molar refractivity (Wildman–Crippen MR) is 70.9 cm³/mol. The number of hydrogen-bond acceptors (Lipinski definition) is 4. The summed E-state index contributed by atoms with van der Waals surface area (Å²) in [6, 6.07) is 5.54. The minimum absolute atomic E-state index is 0.0524. The minimum atomic E-state index is -0.757. The van der Waals surface area contributed by atoms with Crippen LogP contribution in [0.4, 0.5) is 0 Å². The van der Waals surface area contributed by atoms with Crippen molar-refractivity contribution in [1.82, 2.24) is 4.90 Å². The lowest BCUT2D eigenvalue weighted by molar-refractivity contribution is -0.141. The Balaban J connectivity index is 2.37. The van der Waals surface area contributed by atoms with Gasteiger partial charge in [-0.05, 0) is 18.7 Å². The van der Waals surface area contributed by atoms with Crippen molar-refractivity contribution in [1.29, 1.82) is 0 Å². The van der Waals surface area contributed by atoms with E-state index in [2.05, 4.69) is 0 Å². The summed E-state index contributed by atoms with van der Waals surface area (Å²) in [6.07, 6.45) is 0. The summed E-state index contributed by atoms with van der Waals surface area (Å²) in [5.41, 5.74) is 0.931. The van der Waals surface area contributed by atoms with Gasteiger partial charge in [0.1, 0.15) is 11.5 Å². The lowest BCUT2D eigenvalue weighted by Gasteiger charge is -2.18. The van der Waals surface area contributed by atoms with Crippen molar-refractivity contribution < 1.29 is 19.4 Å². The first kappa shape index (κ1) is 13.7. The zero-order chi connectivity index (χ0) is 14.0. The van der Waals surface area contributed by atoms with Crippen LogP contribution in [0.5, 0.6) is 11.5 Å². The first-order valence-electron chi connectivity index (χ1n) is 6.20. The molecule has 0 bridgehead atoms. The minimum Gasteiger partial charge on any atom is -0.497 e. The molecular formula is C14H19NO4. The number of likely N-dealkylation sites (N-methyl/N-ethyl adjacent to an activating group) is 1. The van der Waals surface area contributed by atoms with Crippen molar-refractivity contribution >= 4 is 5.97 Å². The molecule has 1 aliphatic rings. The molecule has 1 heterocycles. The Labute approximate surface area is 112 Å². The van der Waals surface area contributed by atoms with E-state index in [1.165, 1.54) is 0 Å². The molecule has 0 saturated carbocycles. The predicted octanol–water partition coefficient (Wildman–Crippen LogP) is 1.43. The fraction of sp³-hybridized carbons (Fsp3) is 0.500. The molecule has 104 valence electrons. The SMILES string of the molecule is COc1ccc([C@H]2CN(C)C[C@H]2C(=O)O)c(OC)c1. The number of carbonyl (C=O) groups is 1. The largest absolute Gasteiger partial charge is 0.497 e. The van der Waals surface area contributed by atoms with Gasteiger partial charge in [-0.3, -0.25) is 4.79 Å². The number of rotatable bonds is 4. The number of nitrogens with zero attached hydrogens (tertiary/aromatic N) is 1. The van der Waals surface area contributed by atoms with Crippen LogP contribution in [0.25, 0.3) is 0 Å². The number of carboxylic acid groups (broad SMARTS) is 1. The second-order valence-corrected chi connectivity index (χ2v) is 4.88. The molecule has 0 aliphatic carbocycles. The first-order chi connectivity index (χ1) is 9.06. The van der Waals surface area contributed by atoms with Crippen LogP contribution >= 0.6 is 0 Å². The van der Waals surface area contributed by atoms with E-state index < -0.39 is 11.9 Å². The number of hydrogen-bond donors (Lipinski definition) is 1. The molecule has 19 heavy (non-hydrogen) atoms. The molecule has 0 aromatic heterocycles. The summed E-state index contributed by atoms with van der Waals surface area (Å²) in [7, 11) is 5.12. The normalized spacial score (nSPS) is 23.3. The summed E-state index contributed by atoms with van der Waals surface area (Å²) in [5, 5.41) is 9.33. The second-order valence-electron chi connectivity index (χ2n) is 4.88. The van der Waals surface area contributed by atoms with Crippen LogP contribution < -0.4 is 9.47 Å². The molecule has 1 aliphatic heterocycles. The number of benzene rings is 1. The summed E-state index contributed by atoms with van der Waals surface area (Å²) in [4.78, 5) is 13.4. The maximum atomic E-state index is 11.4. The molecule has 5 heteroatoms. The Kier molecular flexibility index (Phi) is 3.95. The first-order valence-corrected chi connectivity index (χ1v) is 6.20. The summed E-state index contributed by atoms with van der Waals surface area (Å²) >= 11 is 0. The highest BCUT2D eigenvalue weighted by Crippen LogP contribution is 2.38. The average Bonchev–Trinajstić information content (AvgIpc) is 2.80. The van der Waals surface area contributed by atoms with Crippen molar-refractivity contribution in [2.75, 3.05) is 34.4 Å². The van der Waals surface area contributed by atoms with Gasteiger partial charge in [-0.25, -0.2) is 0 Å². The maximum Gasteiger partial charge on any atom is 0.308 e. The molecule has 1 N–H and O–H groups in total. The molecule has 0 unspecified atom stereocenters. The molecule has 1 saturated heterocycles. The van der Waals surface area contributed by atoms with Gasteiger partial charge in [-0.2, -0.15) is 0 Å². The molecular weight excluding hydrogens is 246 g/mol. The number of likely N-dealkylation sites (tertiary alicyclic amines) is 1. The molecule has 2 rings (SSSR count). The lowest BCUT2D eigenvalue weighted by atomic mass is 9.88. The number of methoxy groups -OCH3 is 2. The summed E-state index contributed by atoms with van der Waals surface area (Å²) < 4.78 is 10.5. The van der Waals surface area contributed by atoms with Crippen LogP contribution in [0.2, 0.25) is 0 Å². The van der Waals surface area contributed by atoms with E-state index >= 15 is 0 Å². The third kappa shape index (κ3) is 2.66. The summed E-state index contributed by atoms with van der Waals surface area (Å²) in [5.74, 6) is 0.188. The van der Waals surface area contributed by atoms with E-state index in [1.54, 1.807) is 20.3 Å². The van der Waals surface area contributed by atoms with E-state index in [0.29, 0.717) is 18.0 Å². The molecule has 0 radical (unpaired) electrons. The van der Waals surface area contributed by atoms with Crippen molar-refractivity contribution in [3.63, 3.8) is 0 Å². The lowest BCUT2D eigenvalue weighted by Crippen LogP contribution is -2.21. The van der Waals surface area contributed by atoms with Crippen molar-refractivity contribution in [3.8, 4) is 11.5 Å². The average molecular weight is 265 g/mol. The van der Waals surface area contributed by atoms with E-state index in [4.69, 9.17) is 9.47 Å². The second kappa shape index (κ2) is 5.48. The third-order valence-electron chi connectivity index (χ3n) is 3.66. The van der Waals surface area contributed by atoms with E-state index in [-0.39, 0.29) is 5.92 Å². The molecule has 5 nitrogen and oxygen atoms in total. The van der Waals surface area contributed by atoms with Crippen LogP contribution in [0, 0.1) is 5.92 Å². The highest BCUT2D eigenvalue weighted by Gasteiger charge is 2.38. The van der Waals surface area contributed by atoms with Crippen LogP contribution in [-0.2, 0) is 4.79 Å². The van der Waals surface area contributed by atoms with Crippen molar-refractivity contribution in [2.45, 2.75) is 5.92 Å². The van der Waals surface area contributed by atoms with Gasteiger partial charge >= 0.3 is 5.97 Å². The molecule has 0 spiro atoms. The molecule has 2 atom stereocenters. The maximum absolute atomic E-state index is 11.4. The Morgan fingerprint density at radius 1 is 1.32 bits per heavy atom. The number of carboxylic acids is 1. The monoisotopic (exact) mass is 265 g/mol. The Hall–Kier alpha value is -1.75. The molecule has 1 aromatic carbocycles. The quantitative estimate of drug-likeness (QED) is 0.892. The van der Waals surface area contributed by atoms with Gasteiger partial charge in [0.2, 0.25) is 0 Å². The van der Waals surface area contributed by atoms with E-state index in [0.717, 1.165) is 12.1 Å². The number of aliphatic carboxylic acids is 1. The third-order valence-corrected chi connectivity index (χ3v) is 3.66. The van der Waals surface area contributed by atoms with Gasteiger partial charge in [0.25, 0.3) is 0 Å². The summed E-state index contributed by atoms with van der Waals surface area (Å²) in [6.45, 7) is 1.29. The van der Waals surface area contributed by atoms with Crippen molar-refractivity contribution in [3.05, 3.63) is 23.8 Å². The topological polar surface area (TPSA) is 59.0 Å². The van der Waals surface area contributed by atoms with Gasteiger partial charge < -0.3 is 19.5 Å². The van der Waals surface area contributed by atoms with E-state index in [1.807, 2.05) is 24.1 Å². The molecule has 1 fully saturated rings. The van der Waals surface area contributed by atoms with Gasteiger partial charge in [0, 0.05) is 25.1 Å². The van der Waals surface area contributed by atoms with Gasteiger partial charge in [-0.15, -0.1) is 0 Å². The zero-order valence-electron chi connectivity index (χ0n) is 11.4. The smallest absolute Gasteiger partial charge is 0.308 e. The highest BCUT2D eigenvalue weighted by molar-refractivity contribution is 5.72. The van der Waals surface area contributed by atoms with Gasteiger partial charge in [0.05, 0.1) is 20.1 Å². The fourth-order valence-corrected chi connectivity index (χ4v) is 2.69. The van der Waals surface area contributed by atoms with E-state index in [9.17, 15) is 9.90 Å². The highest BCUT2D eigenvalue weighted by atomic mass is 16.5. The zero-order valence-corrected chi connectivity index (χ0v) is 11.4. The van der Waals surface area contributed by atoms with Gasteiger partial charge in [0.15, 0.2) is 0 Å².